The van der Waals surface area contributed by atoms with Crippen LogP contribution in [0.1, 0.15) is 11.3 Å². The Labute approximate surface area is 230 Å². The van der Waals surface area contributed by atoms with Crippen LogP contribution in [0.5, 0.6) is 17.2 Å². The lowest BCUT2D eigenvalue weighted by molar-refractivity contribution is -0.274. The molecule has 0 N–H and O–H groups in total. The number of benzene rings is 3. The highest BCUT2D eigenvalue weighted by Gasteiger charge is 2.32. The van der Waals surface area contributed by atoms with E-state index in [0.29, 0.717) is 60.9 Å². The summed E-state index contributed by atoms with van der Waals surface area (Å²) >= 11 is 6.50. The van der Waals surface area contributed by atoms with E-state index < -0.39 is 12.3 Å². The first-order valence-corrected chi connectivity index (χ1v) is 12.3. The zero-order chi connectivity index (χ0) is 28.6. The topological polar surface area (TPSA) is 85.0 Å². The summed E-state index contributed by atoms with van der Waals surface area (Å²) in [6.45, 7) is 1.69. The second-order valence-corrected chi connectivity index (χ2v) is 9.19. The second kappa shape index (κ2) is 10.6. The van der Waals surface area contributed by atoms with Gasteiger partial charge in [0.1, 0.15) is 22.9 Å². The minimum Gasteiger partial charge on any atom is -0.497 e. The fraction of sp³-hybridized carbons (Fsp3) is 0.214. The van der Waals surface area contributed by atoms with Gasteiger partial charge in [0.15, 0.2) is 12.2 Å². The van der Waals surface area contributed by atoms with Crippen molar-refractivity contribution in [3.63, 3.8) is 0 Å². The molecule has 0 bridgehead atoms. The Hall–Kier alpha value is -4.38. The van der Waals surface area contributed by atoms with Crippen LogP contribution in [0.2, 0.25) is 5.02 Å². The van der Waals surface area contributed by atoms with Crippen LogP contribution in [0, 0.1) is 6.92 Å². The van der Waals surface area contributed by atoms with Crippen molar-refractivity contribution in [3.8, 4) is 28.5 Å². The Bertz CT molecular complexity index is 1730. The lowest BCUT2D eigenvalue weighted by Gasteiger charge is -2.13. The molecule has 8 nitrogen and oxygen atoms in total. The van der Waals surface area contributed by atoms with Crippen molar-refractivity contribution in [1.29, 1.82) is 0 Å². The van der Waals surface area contributed by atoms with E-state index in [2.05, 4.69) is 14.6 Å². The molecule has 0 saturated carbocycles. The highest BCUT2D eigenvalue weighted by Crippen LogP contribution is 2.41. The molecule has 0 aliphatic heterocycles. The normalized spacial score (nSPS) is 11.7. The highest BCUT2D eigenvalue weighted by atomic mass is 35.5. The van der Waals surface area contributed by atoms with Gasteiger partial charge in [-0.3, -0.25) is 0 Å². The predicted molar refractivity (Wildman–Crippen MR) is 141 cm³/mol. The van der Waals surface area contributed by atoms with E-state index in [1.807, 2.05) is 17.6 Å². The molecule has 3 aromatic carbocycles. The Morgan fingerprint density at radius 2 is 1.73 bits per heavy atom. The van der Waals surface area contributed by atoms with Gasteiger partial charge in [0.25, 0.3) is 0 Å². The van der Waals surface area contributed by atoms with Crippen LogP contribution in [0.25, 0.3) is 33.1 Å². The number of esters is 1. The maximum atomic E-state index is 13.1. The Morgan fingerprint density at radius 1 is 1.00 bits per heavy atom. The fourth-order valence-electron chi connectivity index (χ4n) is 4.52. The lowest BCUT2D eigenvalue weighted by atomic mass is 10.0. The Morgan fingerprint density at radius 3 is 2.45 bits per heavy atom. The summed E-state index contributed by atoms with van der Waals surface area (Å²) < 4.78 is 66.1. The minimum absolute atomic E-state index is 0.162. The molecule has 0 spiro atoms. The first-order chi connectivity index (χ1) is 19.1. The molecule has 0 saturated heterocycles. The Kier molecular flexibility index (Phi) is 7.24. The number of halogens is 4. The summed E-state index contributed by atoms with van der Waals surface area (Å²) in [4.78, 5) is 11.5. The minimum atomic E-state index is -4.86. The van der Waals surface area contributed by atoms with Crippen LogP contribution in [0.15, 0.2) is 59.1 Å². The van der Waals surface area contributed by atoms with Crippen molar-refractivity contribution in [3.05, 3.63) is 70.9 Å². The summed E-state index contributed by atoms with van der Waals surface area (Å²) in [6.07, 6.45) is -4.86. The van der Waals surface area contributed by atoms with E-state index in [9.17, 15) is 18.0 Å². The number of methoxy groups -OCH3 is 2. The standard InChI is InChI=1S/C28H22ClF3N2O6/c1-15-26(27-21-8-4-17(36-2)12-24(21)40-33-27)20-7-5-19(39-28(30,31)32)11-23(20)34(15)13-16-10-18(6-9-22(16)29)38-14-25(35)37-3/h4-12H,13-14H2,1-3H3. The van der Waals surface area contributed by atoms with E-state index in [0.717, 1.165) is 0 Å². The lowest BCUT2D eigenvalue weighted by Crippen LogP contribution is -2.17. The predicted octanol–water partition coefficient (Wildman–Crippen LogP) is 6.92. The third-order valence-corrected chi connectivity index (χ3v) is 6.74. The largest absolute Gasteiger partial charge is 0.573 e. The molecule has 0 radical (unpaired) electrons. The molecule has 2 aromatic heterocycles. The zero-order valence-electron chi connectivity index (χ0n) is 21.5. The van der Waals surface area contributed by atoms with Gasteiger partial charge in [0.2, 0.25) is 0 Å². The third kappa shape index (κ3) is 5.37. The molecular formula is C28H22ClF3N2O6. The SMILES string of the molecule is COC(=O)COc1ccc(Cl)c(Cn2c(C)c(-c3noc4cc(OC)ccc34)c3ccc(OC(F)(F)F)cc32)c1. The number of hydrogen-bond donors (Lipinski definition) is 0. The number of carbonyl (C=O) groups excluding carboxylic acids is 1. The fourth-order valence-corrected chi connectivity index (χ4v) is 4.69. The molecule has 40 heavy (non-hydrogen) atoms. The van der Waals surface area contributed by atoms with Crippen LogP contribution in [0.4, 0.5) is 13.2 Å². The first-order valence-electron chi connectivity index (χ1n) is 11.9. The van der Waals surface area contributed by atoms with Crippen LogP contribution in [-0.2, 0) is 16.1 Å². The molecule has 0 fully saturated rings. The summed E-state index contributed by atoms with van der Waals surface area (Å²) in [5, 5.41) is 6.02. The van der Waals surface area contributed by atoms with Crippen molar-refractivity contribution in [1.82, 2.24) is 9.72 Å². The molecule has 0 aliphatic carbocycles. The average molecular weight is 575 g/mol. The van der Waals surface area contributed by atoms with E-state index >= 15 is 0 Å². The van der Waals surface area contributed by atoms with Crippen LogP contribution in [-0.4, -0.2) is 42.9 Å². The molecule has 0 atom stereocenters. The monoisotopic (exact) mass is 574 g/mol. The van der Waals surface area contributed by atoms with Crippen molar-refractivity contribution in [2.24, 2.45) is 0 Å². The summed E-state index contributed by atoms with van der Waals surface area (Å²) in [5.41, 5.74) is 3.44. The molecule has 12 heteroatoms. The van der Waals surface area contributed by atoms with Gasteiger partial charge in [-0.25, -0.2) is 4.79 Å². The van der Waals surface area contributed by atoms with Gasteiger partial charge < -0.3 is 28.0 Å². The highest BCUT2D eigenvalue weighted by molar-refractivity contribution is 6.31. The number of fused-ring (bicyclic) bond motifs is 2. The second-order valence-electron chi connectivity index (χ2n) is 8.78. The van der Waals surface area contributed by atoms with Crippen molar-refractivity contribution in [2.45, 2.75) is 19.8 Å². The third-order valence-electron chi connectivity index (χ3n) is 6.38. The number of nitrogens with zero attached hydrogens (tertiary/aromatic N) is 2. The van der Waals surface area contributed by atoms with Crippen LogP contribution >= 0.6 is 11.6 Å². The van der Waals surface area contributed by atoms with Crippen molar-refractivity contribution >= 4 is 39.4 Å². The van der Waals surface area contributed by atoms with Gasteiger partial charge in [-0.15, -0.1) is 13.2 Å². The van der Waals surface area contributed by atoms with Gasteiger partial charge in [0.05, 0.1) is 25.1 Å². The molecule has 2 heterocycles. The maximum absolute atomic E-state index is 13.1. The van der Waals surface area contributed by atoms with E-state index in [4.69, 9.17) is 25.6 Å². The number of carbonyl (C=O) groups is 1. The summed E-state index contributed by atoms with van der Waals surface area (Å²) in [6, 6.07) is 14.3. The summed E-state index contributed by atoms with van der Waals surface area (Å²) in [5.74, 6) is 0.0354. The number of alkyl halides is 3. The van der Waals surface area contributed by atoms with Crippen LogP contribution in [0.3, 0.4) is 0 Å². The number of rotatable bonds is 8. The van der Waals surface area contributed by atoms with Gasteiger partial charge in [0, 0.05) is 40.3 Å². The molecular weight excluding hydrogens is 553 g/mol. The van der Waals surface area contributed by atoms with Crippen molar-refractivity contribution in [2.75, 3.05) is 20.8 Å². The van der Waals surface area contributed by atoms with Gasteiger partial charge >= 0.3 is 12.3 Å². The summed E-state index contributed by atoms with van der Waals surface area (Å²) in [7, 11) is 2.79. The smallest absolute Gasteiger partial charge is 0.497 e. The number of hydrogen-bond acceptors (Lipinski definition) is 7. The maximum Gasteiger partial charge on any atom is 0.573 e. The van der Waals surface area contributed by atoms with E-state index in [1.54, 1.807) is 36.4 Å². The molecule has 0 unspecified atom stereocenters. The van der Waals surface area contributed by atoms with Gasteiger partial charge in [-0.05, 0) is 55.0 Å². The van der Waals surface area contributed by atoms with Gasteiger partial charge in [-0.1, -0.05) is 16.8 Å². The number of ether oxygens (including phenoxy) is 4. The first kappa shape index (κ1) is 27.2. The van der Waals surface area contributed by atoms with Gasteiger partial charge in [-0.2, -0.15) is 0 Å². The van der Waals surface area contributed by atoms with Crippen LogP contribution < -0.4 is 14.2 Å². The average Bonchev–Trinajstić information content (AvgIpc) is 3.45. The molecule has 208 valence electrons. The molecule has 5 aromatic rings. The van der Waals surface area contributed by atoms with E-state index in [1.165, 1.54) is 26.4 Å². The molecule has 0 amide bonds. The zero-order valence-corrected chi connectivity index (χ0v) is 22.2. The quantitative estimate of drug-likeness (QED) is 0.186. The Balaban J connectivity index is 1.65. The molecule has 5 rings (SSSR count). The molecule has 0 aliphatic rings. The van der Waals surface area contributed by atoms with E-state index in [-0.39, 0.29) is 18.9 Å². The van der Waals surface area contributed by atoms with Crippen molar-refractivity contribution < 1.29 is 41.4 Å². The number of aromatic nitrogens is 2.